The molecular formula is C23H34NO6P. The highest BCUT2D eigenvalue weighted by molar-refractivity contribution is 7.67. The van der Waals surface area contributed by atoms with Crippen LogP contribution in [0.1, 0.15) is 31.7 Å². The van der Waals surface area contributed by atoms with Crippen LogP contribution in [0.4, 0.5) is 5.69 Å². The summed E-state index contributed by atoms with van der Waals surface area (Å²) in [5.41, 5.74) is 1.32. The fraction of sp³-hybridized carbons (Fsp3) is 0.478. The fourth-order valence-electron chi connectivity index (χ4n) is 3.12. The number of anilines is 1. The van der Waals surface area contributed by atoms with Crippen molar-refractivity contribution >= 4 is 18.4 Å². The lowest BCUT2D eigenvalue weighted by atomic mass is 10.2. The van der Waals surface area contributed by atoms with E-state index >= 15 is 0 Å². The zero-order valence-electron chi connectivity index (χ0n) is 19.4. The normalized spacial score (nSPS) is 14.1. The summed E-state index contributed by atoms with van der Waals surface area (Å²) < 4.78 is 36.2. The second-order valence-electron chi connectivity index (χ2n) is 7.86. The minimum atomic E-state index is -3.69. The van der Waals surface area contributed by atoms with Crippen molar-refractivity contribution < 1.29 is 28.4 Å². The summed E-state index contributed by atoms with van der Waals surface area (Å²) in [6, 6.07) is 10.4. The molecule has 0 aliphatic carbocycles. The first kappa shape index (κ1) is 25.1. The van der Waals surface area contributed by atoms with Gasteiger partial charge in [-0.25, -0.2) is 0 Å². The maximum Gasteiger partial charge on any atom is 0.264 e. The summed E-state index contributed by atoms with van der Waals surface area (Å²) in [5, 5.41) is 11.7. The lowest BCUT2D eigenvalue weighted by Gasteiger charge is -2.26. The molecule has 8 heteroatoms. The predicted octanol–water partition coefficient (Wildman–Crippen LogP) is 4.44. The van der Waals surface area contributed by atoms with E-state index in [4.69, 9.17) is 18.7 Å². The Morgan fingerprint density at radius 2 is 1.52 bits per heavy atom. The van der Waals surface area contributed by atoms with Crippen LogP contribution in [-0.4, -0.2) is 47.1 Å². The predicted molar refractivity (Wildman–Crippen MR) is 124 cm³/mol. The number of hydrogen-bond acceptors (Lipinski definition) is 7. The molecule has 2 rings (SSSR count). The van der Waals surface area contributed by atoms with Gasteiger partial charge in [0, 0.05) is 25.1 Å². The zero-order valence-corrected chi connectivity index (χ0v) is 20.3. The lowest BCUT2D eigenvalue weighted by Crippen LogP contribution is -2.17. The van der Waals surface area contributed by atoms with Crippen molar-refractivity contribution in [2.75, 3.05) is 46.9 Å². The molecule has 0 aromatic heterocycles. The number of aliphatic hydroxyl groups is 1. The Kier molecular flexibility index (Phi) is 8.80. The zero-order chi connectivity index (χ0) is 23.2. The molecule has 0 radical (unpaired) electrons. The molecule has 0 fully saturated rings. The van der Waals surface area contributed by atoms with E-state index < -0.39 is 13.2 Å². The molecule has 31 heavy (non-hydrogen) atoms. The van der Waals surface area contributed by atoms with Crippen LogP contribution in [-0.2, 0) is 9.09 Å². The Labute approximate surface area is 185 Å². The first-order valence-corrected chi connectivity index (χ1v) is 11.9. The van der Waals surface area contributed by atoms with Gasteiger partial charge >= 0.3 is 0 Å². The van der Waals surface area contributed by atoms with E-state index in [2.05, 4.69) is 13.8 Å². The molecule has 1 N–H and O–H groups in total. The third-order valence-electron chi connectivity index (χ3n) is 5.01. The average molecular weight is 452 g/mol. The average Bonchev–Trinajstić information content (AvgIpc) is 2.76. The molecule has 0 heterocycles. The van der Waals surface area contributed by atoms with Gasteiger partial charge in [0.05, 0.1) is 27.9 Å². The van der Waals surface area contributed by atoms with E-state index in [1.807, 2.05) is 31.1 Å². The number of nitrogens with zero attached hydrogens (tertiary/aromatic N) is 1. The van der Waals surface area contributed by atoms with Crippen LogP contribution in [0.3, 0.4) is 0 Å². The molecular weight excluding hydrogens is 417 g/mol. The molecule has 0 amide bonds. The van der Waals surface area contributed by atoms with Gasteiger partial charge in [0.1, 0.15) is 0 Å². The van der Waals surface area contributed by atoms with Gasteiger partial charge in [0.25, 0.3) is 7.37 Å². The minimum Gasteiger partial charge on any atom is -0.493 e. The van der Waals surface area contributed by atoms with Crippen LogP contribution in [0, 0.1) is 5.92 Å². The van der Waals surface area contributed by atoms with Gasteiger partial charge < -0.3 is 28.7 Å². The van der Waals surface area contributed by atoms with Gasteiger partial charge in [-0.2, -0.15) is 0 Å². The van der Waals surface area contributed by atoms with Crippen LogP contribution in [0.5, 0.6) is 17.2 Å². The SMILES string of the molecule is COc1cc([C@@H](O)[P@@](=O)(OCCC(C)C)c2ccc(N(C)C)cc2)cc(OC)c1OC. The van der Waals surface area contributed by atoms with Crippen LogP contribution in [0.15, 0.2) is 36.4 Å². The molecule has 0 bridgehead atoms. The number of rotatable bonds is 11. The maximum absolute atomic E-state index is 14.1. The third-order valence-corrected chi connectivity index (χ3v) is 7.54. The first-order valence-electron chi connectivity index (χ1n) is 10.2. The number of hydrogen-bond donors (Lipinski definition) is 1. The van der Waals surface area contributed by atoms with Crippen LogP contribution >= 0.6 is 7.37 Å². The van der Waals surface area contributed by atoms with E-state index in [1.165, 1.54) is 21.3 Å². The second-order valence-corrected chi connectivity index (χ2v) is 10.3. The van der Waals surface area contributed by atoms with Gasteiger partial charge in [-0.1, -0.05) is 13.8 Å². The van der Waals surface area contributed by atoms with Crippen molar-refractivity contribution in [3.8, 4) is 17.2 Å². The second kappa shape index (κ2) is 10.9. The highest BCUT2D eigenvalue weighted by atomic mass is 31.2. The Balaban J connectivity index is 2.54. The van der Waals surface area contributed by atoms with E-state index in [9.17, 15) is 9.67 Å². The highest BCUT2D eigenvalue weighted by Gasteiger charge is 2.37. The Bertz CT molecular complexity index is 872. The number of aliphatic hydroxyl groups excluding tert-OH is 1. The summed E-state index contributed by atoms with van der Waals surface area (Å²) in [4.78, 5) is 1.95. The standard InChI is InChI=1S/C23H34NO6P/c1-16(2)12-13-30-31(26,19-10-8-18(9-11-19)24(3)4)23(25)17-14-20(27-5)22(29-7)21(15-17)28-6/h8-11,14-16,23,25H,12-13H2,1-7H3/t23-,31-/m0/s1. The molecule has 172 valence electrons. The summed E-state index contributed by atoms with van der Waals surface area (Å²) >= 11 is 0. The molecule has 7 nitrogen and oxygen atoms in total. The minimum absolute atomic E-state index is 0.270. The van der Waals surface area contributed by atoms with Crippen molar-refractivity contribution in [2.45, 2.75) is 26.1 Å². The summed E-state index contributed by atoms with van der Waals surface area (Å²) in [6.45, 7) is 4.40. The summed E-state index contributed by atoms with van der Waals surface area (Å²) in [7, 11) is 4.66. The van der Waals surface area contributed by atoms with Crippen molar-refractivity contribution in [1.82, 2.24) is 0 Å². The molecule has 0 aliphatic rings. The molecule has 2 atom stereocenters. The van der Waals surface area contributed by atoms with Gasteiger partial charge in [0.2, 0.25) is 5.75 Å². The van der Waals surface area contributed by atoms with Gasteiger partial charge in [-0.05, 0) is 54.3 Å². The molecule has 0 aliphatic heterocycles. The maximum atomic E-state index is 14.1. The molecule has 2 aromatic rings. The number of methoxy groups -OCH3 is 3. The van der Waals surface area contributed by atoms with Gasteiger partial charge in [0.15, 0.2) is 17.3 Å². The van der Waals surface area contributed by atoms with Crippen molar-refractivity contribution in [3.05, 3.63) is 42.0 Å². The van der Waals surface area contributed by atoms with Crippen LogP contribution in [0.25, 0.3) is 0 Å². The first-order chi connectivity index (χ1) is 14.7. The molecule has 0 spiro atoms. The van der Waals surface area contributed by atoms with Crippen molar-refractivity contribution in [3.63, 3.8) is 0 Å². The molecule has 0 saturated carbocycles. The van der Waals surface area contributed by atoms with Gasteiger partial charge in [-0.3, -0.25) is 4.57 Å². The number of ether oxygens (including phenoxy) is 3. The fourth-order valence-corrected chi connectivity index (χ4v) is 5.17. The molecule has 0 unspecified atom stereocenters. The van der Waals surface area contributed by atoms with E-state index in [-0.39, 0.29) is 6.61 Å². The summed E-state index contributed by atoms with van der Waals surface area (Å²) in [6.07, 6.45) is 0.724. The van der Waals surface area contributed by atoms with E-state index in [0.29, 0.717) is 34.0 Å². The summed E-state index contributed by atoms with van der Waals surface area (Å²) in [5.74, 6) is 0.105. The molecule has 2 aromatic carbocycles. The highest BCUT2D eigenvalue weighted by Crippen LogP contribution is 2.59. The van der Waals surface area contributed by atoms with E-state index in [0.717, 1.165) is 12.1 Å². The third kappa shape index (κ3) is 5.73. The Hall–Kier alpha value is -2.21. The largest absolute Gasteiger partial charge is 0.493 e. The monoisotopic (exact) mass is 451 g/mol. The van der Waals surface area contributed by atoms with Gasteiger partial charge in [-0.15, -0.1) is 0 Å². The number of benzene rings is 2. The Morgan fingerprint density at radius 3 is 1.94 bits per heavy atom. The lowest BCUT2D eigenvalue weighted by molar-refractivity contribution is 0.208. The Morgan fingerprint density at radius 1 is 0.968 bits per heavy atom. The van der Waals surface area contributed by atoms with Crippen molar-refractivity contribution in [2.24, 2.45) is 5.92 Å². The molecule has 0 saturated heterocycles. The smallest absolute Gasteiger partial charge is 0.264 e. The van der Waals surface area contributed by atoms with E-state index in [1.54, 1.807) is 24.3 Å². The van der Waals surface area contributed by atoms with Crippen LogP contribution in [0.2, 0.25) is 0 Å². The topological polar surface area (TPSA) is 77.5 Å². The van der Waals surface area contributed by atoms with Crippen molar-refractivity contribution in [1.29, 1.82) is 0 Å². The van der Waals surface area contributed by atoms with Crippen LogP contribution < -0.4 is 24.4 Å². The quantitative estimate of drug-likeness (QED) is 0.506.